The number of carbonyl (C=O) groups is 1. The largest absolute Gasteiger partial charge is 0.489 e. The van der Waals surface area contributed by atoms with E-state index in [1.54, 1.807) is 0 Å². The number of benzene rings is 2. The van der Waals surface area contributed by atoms with Crippen molar-refractivity contribution in [3.8, 4) is 5.75 Å². The van der Waals surface area contributed by atoms with E-state index in [-0.39, 0.29) is 5.78 Å². The van der Waals surface area contributed by atoms with Gasteiger partial charge >= 0.3 is 0 Å². The molecule has 2 aromatic rings. The van der Waals surface area contributed by atoms with Crippen molar-refractivity contribution in [1.82, 2.24) is 0 Å². The number of rotatable bonds is 8. The average Bonchev–Trinajstić information content (AvgIpc) is 2.54. The van der Waals surface area contributed by atoms with Gasteiger partial charge in [-0.1, -0.05) is 44.2 Å². The Morgan fingerprint density at radius 2 is 1.87 bits per heavy atom. The van der Waals surface area contributed by atoms with Gasteiger partial charge in [-0.3, -0.25) is 4.79 Å². The van der Waals surface area contributed by atoms with Gasteiger partial charge in [-0.2, -0.15) is 11.8 Å². The van der Waals surface area contributed by atoms with Crippen molar-refractivity contribution in [2.75, 3.05) is 5.75 Å². The van der Waals surface area contributed by atoms with Gasteiger partial charge in [-0.15, -0.1) is 0 Å². The maximum atomic E-state index is 12.2. The molecule has 2 aromatic carbocycles. The van der Waals surface area contributed by atoms with Crippen molar-refractivity contribution in [2.24, 2.45) is 0 Å². The molecule has 0 fully saturated rings. The Hall–Kier alpha value is -1.74. The predicted molar refractivity (Wildman–Crippen MR) is 98.5 cm³/mol. The molecule has 23 heavy (non-hydrogen) atoms. The normalized spacial score (nSPS) is 10.8. The average molecular weight is 328 g/mol. The molecule has 2 nitrogen and oxygen atoms in total. The van der Waals surface area contributed by atoms with E-state index in [9.17, 15) is 4.79 Å². The summed E-state index contributed by atoms with van der Waals surface area (Å²) in [6.45, 7) is 6.83. The van der Waals surface area contributed by atoms with Crippen molar-refractivity contribution >= 4 is 17.5 Å². The summed E-state index contributed by atoms with van der Waals surface area (Å²) in [5.41, 5.74) is 2.92. The van der Waals surface area contributed by atoms with Crippen LogP contribution in [-0.4, -0.2) is 16.8 Å². The Kier molecular flexibility index (Phi) is 6.72. The summed E-state index contributed by atoms with van der Waals surface area (Å²) < 4.78 is 5.85. The van der Waals surface area contributed by atoms with Crippen LogP contribution in [0.5, 0.6) is 5.75 Å². The standard InChI is InChI=1S/C20H24O2S/c1-15(2)23-12-11-19(21)18-9-10-20(16(3)13-18)22-14-17-7-5-4-6-8-17/h4-10,13,15H,11-12,14H2,1-3H3. The summed E-state index contributed by atoms with van der Waals surface area (Å²) >= 11 is 1.82. The smallest absolute Gasteiger partial charge is 0.163 e. The first-order valence-corrected chi connectivity index (χ1v) is 9.03. The minimum absolute atomic E-state index is 0.204. The Morgan fingerprint density at radius 3 is 2.52 bits per heavy atom. The molecule has 0 saturated carbocycles. The first-order chi connectivity index (χ1) is 11.1. The second-order valence-corrected chi connectivity index (χ2v) is 7.53. The van der Waals surface area contributed by atoms with Crippen LogP contribution in [0.4, 0.5) is 0 Å². The zero-order valence-electron chi connectivity index (χ0n) is 14.0. The summed E-state index contributed by atoms with van der Waals surface area (Å²) in [5.74, 6) is 1.92. The van der Waals surface area contributed by atoms with E-state index in [1.165, 1.54) is 0 Å². The minimum atomic E-state index is 0.204. The van der Waals surface area contributed by atoms with Crippen LogP contribution in [0.1, 0.15) is 41.8 Å². The van der Waals surface area contributed by atoms with Crippen LogP contribution in [0.2, 0.25) is 0 Å². The monoisotopic (exact) mass is 328 g/mol. The van der Waals surface area contributed by atoms with Gasteiger partial charge in [0.15, 0.2) is 5.78 Å². The number of aryl methyl sites for hydroxylation is 1. The van der Waals surface area contributed by atoms with Gasteiger partial charge in [0.05, 0.1) is 0 Å². The van der Waals surface area contributed by atoms with Crippen LogP contribution in [0.25, 0.3) is 0 Å². The molecular weight excluding hydrogens is 304 g/mol. The predicted octanol–water partition coefficient (Wildman–Crippen LogP) is 5.29. The third kappa shape index (κ3) is 5.76. The van der Waals surface area contributed by atoms with Gasteiger partial charge in [0.1, 0.15) is 12.4 Å². The molecule has 0 atom stereocenters. The fourth-order valence-electron chi connectivity index (χ4n) is 2.25. The number of hydrogen-bond acceptors (Lipinski definition) is 3. The lowest BCUT2D eigenvalue weighted by Crippen LogP contribution is -2.03. The van der Waals surface area contributed by atoms with Gasteiger partial charge < -0.3 is 4.74 Å². The molecule has 0 amide bonds. The molecule has 0 radical (unpaired) electrons. The summed E-state index contributed by atoms with van der Waals surface area (Å²) in [7, 11) is 0. The summed E-state index contributed by atoms with van der Waals surface area (Å²) in [4.78, 5) is 12.2. The molecular formula is C20H24O2S. The first-order valence-electron chi connectivity index (χ1n) is 7.98. The first kappa shape index (κ1) is 17.6. The van der Waals surface area contributed by atoms with Crippen molar-refractivity contribution in [2.45, 2.75) is 39.0 Å². The lowest BCUT2D eigenvalue weighted by atomic mass is 10.1. The van der Waals surface area contributed by atoms with Crippen LogP contribution in [0.15, 0.2) is 48.5 Å². The molecule has 0 saturated heterocycles. The van der Waals surface area contributed by atoms with Crippen LogP contribution < -0.4 is 4.74 Å². The number of carbonyl (C=O) groups excluding carboxylic acids is 1. The number of ketones is 1. The molecule has 0 aliphatic rings. The third-order valence-corrected chi connectivity index (χ3v) is 4.62. The van der Waals surface area contributed by atoms with Crippen molar-refractivity contribution < 1.29 is 9.53 Å². The molecule has 0 aliphatic heterocycles. The number of hydrogen-bond donors (Lipinski definition) is 0. The highest BCUT2D eigenvalue weighted by molar-refractivity contribution is 7.99. The van der Waals surface area contributed by atoms with Gasteiger partial charge in [0.25, 0.3) is 0 Å². The van der Waals surface area contributed by atoms with Gasteiger partial charge in [-0.05, 0) is 41.5 Å². The highest BCUT2D eigenvalue weighted by Crippen LogP contribution is 2.22. The quantitative estimate of drug-likeness (QED) is 0.616. The number of ether oxygens (including phenoxy) is 1. The lowest BCUT2D eigenvalue weighted by molar-refractivity contribution is 0.0989. The maximum absolute atomic E-state index is 12.2. The summed E-state index contributed by atoms with van der Waals surface area (Å²) in [6, 6.07) is 15.8. The Bertz CT molecular complexity index is 635. The van der Waals surface area contributed by atoms with Crippen molar-refractivity contribution in [3.05, 3.63) is 65.2 Å². The Morgan fingerprint density at radius 1 is 1.13 bits per heavy atom. The molecule has 0 bridgehead atoms. The minimum Gasteiger partial charge on any atom is -0.489 e. The van der Waals surface area contributed by atoms with Crippen LogP contribution >= 0.6 is 11.8 Å². The maximum Gasteiger partial charge on any atom is 0.163 e. The van der Waals surface area contributed by atoms with E-state index in [4.69, 9.17) is 4.74 Å². The van der Waals surface area contributed by atoms with Crippen LogP contribution in [-0.2, 0) is 6.61 Å². The molecule has 3 heteroatoms. The summed E-state index contributed by atoms with van der Waals surface area (Å²) in [6.07, 6.45) is 0.590. The van der Waals surface area contributed by atoms with Crippen LogP contribution in [0, 0.1) is 6.92 Å². The van der Waals surface area contributed by atoms with Crippen molar-refractivity contribution in [1.29, 1.82) is 0 Å². The topological polar surface area (TPSA) is 26.3 Å². The fourth-order valence-corrected chi connectivity index (χ4v) is 3.03. The van der Waals surface area contributed by atoms with Crippen LogP contribution in [0.3, 0.4) is 0 Å². The second kappa shape index (κ2) is 8.78. The molecule has 122 valence electrons. The second-order valence-electron chi connectivity index (χ2n) is 5.85. The molecule has 0 unspecified atom stereocenters. The summed E-state index contributed by atoms with van der Waals surface area (Å²) in [5, 5.41) is 0.568. The third-order valence-electron chi connectivity index (χ3n) is 3.51. The van der Waals surface area contributed by atoms with Gasteiger partial charge in [-0.25, -0.2) is 0 Å². The molecule has 0 aliphatic carbocycles. The molecule has 0 aromatic heterocycles. The lowest BCUT2D eigenvalue weighted by Gasteiger charge is -2.11. The molecule has 0 heterocycles. The highest BCUT2D eigenvalue weighted by atomic mass is 32.2. The molecule has 2 rings (SSSR count). The zero-order valence-corrected chi connectivity index (χ0v) is 14.9. The van der Waals surface area contributed by atoms with E-state index in [1.807, 2.05) is 67.2 Å². The highest BCUT2D eigenvalue weighted by Gasteiger charge is 2.09. The number of Topliss-reactive ketones (excluding diaryl/α,β-unsaturated/α-hetero) is 1. The number of thioether (sulfide) groups is 1. The van der Waals surface area contributed by atoms with E-state index in [0.29, 0.717) is 18.3 Å². The van der Waals surface area contributed by atoms with Gasteiger partial charge in [0.2, 0.25) is 0 Å². The fraction of sp³-hybridized carbons (Fsp3) is 0.350. The molecule has 0 spiro atoms. The molecule has 0 N–H and O–H groups in total. The van der Waals surface area contributed by atoms with E-state index < -0.39 is 0 Å². The van der Waals surface area contributed by atoms with E-state index >= 15 is 0 Å². The Labute approximate surface area is 143 Å². The Balaban J connectivity index is 1.93. The zero-order chi connectivity index (χ0) is 16.7. The van der Waals surface area contributed by atoms with E-state index in [0.717, 1.165) is 28.2 Å². The SMILES string of the molecule is Cc1cc(C(=O)CCSC(C)C)ccc1OCc1ccccc1. The van der Waals surface area contributed by atoms with E-state index in [2.05, 4.69) is 13.8 Å². The van der Waals surface area contributed by atoms with Crippen molar-refractivity contribution in [3.63, 3.8) is 0 Å². The van der Waals surface area contributed by atoms with Gasteiger partial charge in [0, 0.05) is 17.7 Å².